The number of non-ortho nitro benzene ring substituents is 1. The van der Waals surface area contributed by atoms with Crippen molar-refractivity contribution in [2.24, 2.45) is 10.2 Å². The molecule has 1 aliphatic rings. The first-order valence-corrected chi connectivity index (χ1v) is 12.0. The van der Waals surface area contributed by atoms with Crippen LogP contribution in [-0.2, 0) is 11.3 Å². The normalized spacial score (nSPS) is 16.3. The van der Waals surface area contributed by atoms with Gasteiger partial charge in [0.25, 0.3) is 11.6 Å². The van der Waals surface area contributed by atoms with Crippen molar-refractivity contribution in [2.45, 2.75) is 6.54 Å². The van der Waals surface area contributed by atoms with Gasteiger partial charge in [0.05, 0.1) is 33.3 Å². The van der Waals surface area contributed by atoms with Gasteiger partial charge in [-0.25, -0.2) is 0 Å². The van der Waals surface area contributed by atoms with E-state index in [-0.39, 0.29) is 23.9 Å². The molecule has 3 aromatic rings. The molecule has 0 saturated carbocycles. The van der Waals surface area contributed by atoms with Gasteiger partial charge in [-0.2, -0.15) is 5.10 Å². The van der Waals surface area contributed by atoms with Crippen molar-refractivity contribution in [3.8, 4) is 5.75 Å². The highest BCUT2D eigenvalue weighted by atomic mass is 79.9. The number of thioether (sulfide) groups is 1. The molecule has 2 heterocycles. The molecule has 2 aromatic carbocycles. The predicted octanol–water partition coefficient (Wildman–Crippen LogP) is 5.93. The van der Waals surface area contributed by atoms with E-state index in [1.807, 2.05) is 0 Å². The van der Waals surface area contributed by atoms with Crippen LogP contribution in [0, 0.1) is 10.1 Å². The van der Waals surface area contributed by atoms with Crippen molar-refractivity contribution in [3.05, 3.63) is 95.6 Å². The molecular weight excluding hydrogens is 592 g/mol. The van der Waals surface area contributed by atoms with Crippen LogP contribution < -0.4 is 0 Å². The lowest BCUT2D eigenvalue weighted by Gasteiger charge is -2.12. The Morgan fingerprint density at radius 3 is 2.76 bits per heavy atom. The summed E-state index contributed by atoms with van der Waals surface area (Å²) in [4.78, 5) is 25.4. The van der Waals surface area contributed by atoms with Crippen molar-refractivity contribution in [2.75, 3.05) is 0 Å². The Labute approximate surface area is 214 Å². The van der Waals surface area contributed by atoms with Crippen LogP contribution in [0.15, 0.2) is 83.3 Å². The molecule has 1 N–H and O–H groups in total. The minimum absolute atomic E-state index is 0.00392. The second-order valence-corrected chi connectivity index (χ2v) is 9.67. The number of hydrogen-bond acceptors (Lipinski definition) is 8. The highest BCUT2D eigenvalue weighted by Gasteiger charge is 2.34. The summed E-state index contributed by atoms with van der Waals surface area (Å²) in [6.45, 7) is 0.134. The van der Waals surface area contributed by atoms with E-state index >= 15 is 0 Å². The van der Waals surface area contributed by atoms with Crippen LogP contribution in [0.5, 0.6) is 5.75 Å². The van der Waals surface area contributed by atoms with Crippen LogP contribution in [0.25, 0.3) is 6.08 Å². The topological polar surface area (TPSA) is 122 Å². The molecule has 1 saturated heterocycles. The fraction of sp³-hybridized carbons (Fsp3) is 0.0455. The number of phenolic OH excluding ortho intramolecular Hbond substituents is 1. The van der Waals surface area contributed by atoms with E-state index in [4.69, 9.17) is 4.42 Å². The zero-order valence-corrected chi connectivity index (χ0v) is 21.1. The number of furan rings is 1. The van der Waals surface area contributed by atoms with Crippen LogP contribution >= 0.6 is 43.6 Å². The van der Waals surface area contributed by atoms with E-state index in [1.54, 1.807) is 42.5 Å². The maximum atomic E-state index is 13.2. The molecule has 172 valence electrons. The third-order valence-corrected chi connectivity index (χ3v) is 6.62. The number of rotatable bonds is 6. The Hall–Kier alpha value is -3.22. The van der Waals surface area contributed by atoms with E-state index in [0.29, 0.717) is 31.4 Å². The molecule has 0 aliphatic carbocycles. The molecule has 1 fully saturated rings. The van der Waals surface area contributed by atoms with Gasteiger partial charge < -0.3 is 9.52 Å². The molecule has 12 heteroatoms. The lowest BCUT2D eigenvalue weighted by Crippen LogP contribution is -2.28. The molecule has 34 heavy (non-hydrogen) atoms. The standard InChI is InChI=1S/C22H14Br2N4O5S/c23-15-8-14(20(29)18(24)10-15)9-19-21(30)27(12-17-5-2-6-33-17)22(34-19)26-25-11-13-3-1-4-16(7-13)28(31)32/h1-11,29H,12H2/b19-9-,25-11-,26-22+. The maximum Gasteiger partial charge on any atom is 0.270 e. The first-order valence-electron chi connectivity index (χ1n) is 9.59. The summed E-state index contributed by atoms with van der Waals surface area (Å²) in [6, 6.07) is 12.8. The number of carbonyl (C=O) groups excluding carboxylic acids is 1. The highest BCUT2D eigenvalue weighted by Crippen LogP contribution is 2.38. The summed E-state index contributed by atoms with van der Waals surface area (Å²) in [5, 5.41) is 29.8. The number of phenols is 1. The zero-order chi connectivity index (χ0) is 24.2. The number of hydrogen-bond donors (Lipinski definition) is 1. The summed E-state index contributed by atoms with van der Waals surface area (Å²) >= 11 is 7.75. The average Bonchev–Trinajstić information content (AvgIpc) is 3.41. The van der Waals surface area contributed by atoms with Crippen LogP contribution in [0.4, 0.5) is 5.69 Å². The predicted molar refractivity (Wildman–Crippen MR) is 136 cm³/mol. The van der Waals surface area contributed by atoms with Gasteiger partial charge in [0.1, 0.15) is 11.5 Å². The first-order chi connectivity index (χ1) is 16.3. The molecule has 0 spiro atoms. The van der Waals surface area contributed by atoms with Gasteiger partial charge in [-0.05, 0) is 58.0 Å². The summed E-state index contributed by atoms with van der Waals surface area (Å²) in [7, 11) is 0. The molecule has 9 nitrogen and oxygen atoms in total. The second-order valence-electron chi connectivity index (χ2n) is 6.89. The number of aromatic hydroxyl groups is 1. The molecule has 0 atom stereocenters. The summed E-state index contributed by atoms with van der Waals surface area (Å²) in [6.07, 6.45) is 4.45. The molecule has 1 amide bonds. The average molecular weight is 606 g/mol. The van der Waals surface area contributed by atoms with Gasteiger partial charge in [-0.1, -0.05) is 28.1 Å². The van der Waals surface area contributed by atoms with Gasteiger partial charge in [0, 0.05) is 27.7 Å². The maximum absolute atomic E-state index is 13.2. The van der Waals surface area contributed by atoms with Gasteiger partial charge in [0.15, 0.2) is 5.17 Å². The minimum Gasteiger partial charge on any atom is -0.506 e. The number of benzene rings is 2. The van der Waals surface area contributed by atoms with E-state index in [9.17, 15) is 20.0 Å². The molecule has 0 unspecified atom stereocenters. The third-order valence-electron chi connectivity index (χ3n) is 4.56. The van der Waals surface area contributed by atoms with Crippen LogP contribution in [0.2, 0.25) is 0 Å². The largest absolute Gasteiger partial charge is 0.506 e. The van der Waals surface area contributed by atoms with E-state index < -0.39 is 4.92 Å². The highest BCUT2D eigenvalue weighted by molar-refractivity contribution is 9.11. The number of nitro benzene ring substituents is 1. The zero-order valence-electron chi connectivity index (χ0n) is 17.1. The summed E-state index contributed by atoms with van der Waals surface area (Å²) < 4.78 is 6.58. The fourth-order valence-corrected chi connectivity index (χ4v) is 5.17. The van der Waals surface area contributed by atoms with E-state index in [1.165, 1.54) is 29.5 Å². The van der Waals surface area contributed by atoms with Crippen molar-refractivity contribution >= 4 is 72.7 Å². The number of nitrogens with zero attached hydrogens (tertiary/aromatic N) is 4. The van der Waals surface area contributed by atoms with Crippen molar-refractivity contribution in [3.63, 3.8) is 0 Å². The van der Waals surface area contributed by atoms with Crippen LogP contribution in [-0.4, -0.2) is 32.2 Å². The number of amides is 1. The van der Waals surface area contributed by atoms with Gasteiger partial charge >= 0.3 is 0 Å². The van der Waals surface area contributed by atoms with Gasteiger partial charge in [0.2, 0.25) is 0 Å². The van der Waals surface area contributed by atoms with Crippen molar-refractivity contribution in [1.82, 2.24) is 4.90 Å². The van der Waals surface area contributed by atoms with E-state index in [2.05, 4.69) is 42.1 Å². The molecule has 1 aromatic heterocycles. The number of nitro groups is 1. The fourth-order valence-electron chi connectivity index (χ4n) is 2.98. The number of amidine groups is 1. The molecule has 1 aliphatic heterocycles. The van der Waals surface area contributed by atoms with E-state index in [0.717, 1.165) is 16.2 Å². The van der Waals surface area contributed by atoms with Crippen molar-refractivity contribution in [1.29, 1.82) is 0 Å². The Kier molecular flexibility index (Phi) is 7.29. The Bertz CT molecular complexity index is 1360. The van der Waals surface area contributed by atoms with Gasteiger partial charge in [-0.3, -0.25) is 19.8 Å². The van der Waals surface area contributed by atoms with Crippen molar-refractivity contribution < 1.29 is 19.2 Å². The van der Waals surface area contributed by atoms with Crippen LogP contribution in [0.3, 0.4) is 0 Å². The van der Waals surface area contributed by atoms with Crippen LogP contribution in [0.1, 0.15) is 16.9 Å². The SMILES string of the molecule is O=C1/C(=C/c2cc(Br)cc(Br)c2O)S/C(=N/N=C\c2cccc([N+](=O)[O-])c2)N1Cc1ccco1. The molecule has 0 radical (unpaired) electrons. The molecule has 4 rings (SSSR count). The quantitative estimate of drug-likeness (QED) is 0.161. The third kappa shape index (κ3) is 5.46. The number of halogens is 2. The minimum atomic E-state index is -0.493. The lowest BCUT2D eigenvalue weighted by molar-refractivity contribution is -0.384. The Balaban J connectivity index is 1.66. The first kappa shape index (κ1) is 23.9. The monoisotopic (exact) mass is 604 g/mol. The lowest BCUT2D eigenvalue weighted by atomic mass is 10.2. The summed E-state index contributed by atoms with van der Waals surface area (Å²) in [5.41, 5.74) is 0.869. The Morgan fingerprint density at radius 2 is 2.03 bits per heavy atom. The number of carbonyl (C=O) groups is 1. The second kappa shape index (κ2) is 10.4. The van der Waals surface area contributed by atoms with Gasteiger partial charge in [-0.15, -0.1) is 5.10 Å². The smallest absolute Gasteiger partial charge is 0.270 e. The molecular formula is C22H14Br2N4O5S. The molecule has 0 bridgehead atoms. The Morgan fingerprint density at radius 1 is 1.21 bits per heavy atom. The summed E-state index contributed by atoms with van der Waals surface area (Å²) in [5.74, 6) is 0.218.